The molecule has 1 amide bonds. The van der Waals surface area contributed by atoms with Crippen molar-refractivity contribution in [3.8, 4) is 0 Å². The van der Waals surface area contributed by atoms with Crippen LogP contribution in [0.5, 0.6) is 0 Å². The van der Waals surface area contributed by atoms with Crippen LogP contribution in [-0.2, 0) is 19.4 Å². The minimum absolute atomic E-state index is 0.0114. The quantitative estimate of drug-likeness (QED) is 0.819. The van der Waals surface area contributed by atoms with Crippen LogP contribution in [0.2, 0.25) is 0 Å². The van der Waals surface area contributed by atoms with Gasteiger partial charge in [0.2, 0.25) is 0 Å². The monoisotopic (exact) mass is 282 g/mol. The van der Waals surface area contributed by atoms with Gasteiger partial charge in [0.05, 0.1) is 6.42 Å². The molecular formula is C15H20F2N2O. The second kappa shape index (κ2) is 4.57. The molecule has 0 unspecified atom stereocenters. The fourth-order valence-electron chi connectivity index (χ4n) is 3.25. The number of rotatable bonds is 2. The summed E-state index contributed by atoms with van der Waals surface area (Å²) in [5.41, 5.74) is 2.21. The molecule has 0 saturated carbocycles. The zero-order chi connectivity index (χ0) is 14.5. The van der Waals surface area contributed by atoms with E-state index in [0.717, 1.165) is 12.1 Å². The number of nitrogens with zero attached hydrogens (tertiary/aromatic N) is 2. The molecule has 20 heavy (non-hydrogen) atoms. The molecule has 0 spiro atoms. The van der Waals surface area contributed by atoms with E-state index in [2.05, 4.69) is 13.8 Å². The second-order valence-electron chi connectivity index (χ2n) is 6.33. The molecule has 0 N–H and O–H groups in total. The Kier molecular flexibility index (Phi) is 3.10. The van der Waals surface area contributed by atoms with Gasteiger partial charge >= 0.3 is 0 Å². The summed E-state index contributed by atoms with van der Waals surface area (Å²) >= 11 is 0. The highest BCUT2D eigenvalue weighted by molar-refractivity contribution is 5.94. The van der Waals surface area contributed by atoms with Gasteiger partial charge in [-0.1, -0.05) is 13.8 Å². The van der Waals surface area contributed by atoms with Gasteiger partial charge in [-0.05, 0) is 24.0 Å². The third kappa shape index (κ3) is 2.23. The van der Waals surface area contributed by atoms with E-state index in [1.165, 1.54) is 0 Å². The van der Waals surface area contributed by atoms with E-state index in [-0.39, 0.29) is 18.7 Å². The molecule has 3 nitrogen and oxygen atoms in total. The maximum Gasteiger partial charge on any atom is 0.270 e. The zero-order valence-electron chi connectivity index (χ0n) is 12.0. The van der Waals surface area contributed by atoms with Gasteiger partial charge in [0.15, 0.2) is 0 Å². The molecule has 0 fully saturated rings. The highest BCUT2D eigenvalue weighted by atomic mass is 19.3. The fourth-order valence-corrected chi connectivity index (χ4v) is 3.25. The Morgan fingerprint density at radius 3 is 2.80 bits per heavy atom. The SMILES string of the molecule is CC(C)CN1CCn2c(cc3c2CC(F)(F)CC3)C1=O. The molecule has 5 heteroatoms. The lowest BCUT2D eigenvalue weighted by atomic mass is 9.94. The summed E-state index contributed by atoms with van der Waals surface area (Å²) in [7, 11) is 0. The smallest absolute Gasteiger partial charge is 0.270 e. The Balaban J connectivity index is 1.92. The van der Waals surface area contributed by atoms with Gasteiger partial charge in [0.1, 0.15) is 5.69 Å². The largest absolute Gasteiger partial charge is 0.338 e. The molecule has 0 saturated heterocycles. The van der Waals surface area contributed by atoms with Crippen LogP contribution >= 0.6 is 0 Å². The number of hydrogen-bond donors (Lipinski definition) is 0. The van der Waals surface area contributed by atoms with Gasteiger partial charge in [-0.15, -0.1) is 0 Å². The van der Waals surface area contributed by atoms with Crippen LogP contribution < -0.4 is 0 Å². The van der Waals surface area contributed by atoms with E-state index >= 15 is 0 Å². The van der Waals surface area contributed by atoms with Crippen molar-refractivity contribution in [2.45, 2.75) is 45.6 Å². The van der Waals surface area contributed by atoms with E-state index < -0.39 is 5.92 Å². The normalized spacial score (nSPS) is 21.1. The lowest BCUT2D eigenvalue weighted by Crippen LogP contribution is -2.42. The highest BCUT2D eigenvalue weighted by Crippen LogP contribution is 2.35. The highest BCUT2D eigenvalue weighted by Gasteiger charge is 2.38. The first-order chi connectivity index (χ1) is 9.37. The number of aromatic nitrogens is 1. The number of amides is 1. The summed E-state index contributed by atoms with van der Waals surface area (Å²) in [5, 5.41) is 0. The van der Waals surface area contributed by atoms with Crippen molar-refractivity contribution in [1.82, 2.24) is 9.47 Å². The first kappa shape index (κ1) is 13.6. The fraction of sp³-hybridized carbons (Fsp3) is 0.667. The summed E-state index contributed by atoms with van der Waals surface area (Å²) in [6.45, 7) is 6.14. The Morgan fingerprint density at radius 1 is 1.35 bits per heavy atom. The van der Waals surface area contributed by atoms with Crippen molar-refractivity contribution < 1.29 is 13.6 Å². The molecule has 0 atom stereocenters. The van der Waals surface area contributed by atoms with Crippen LogP contribution in [0.1, 0.15) is 42.0 Å². The van der Waals surface area contributed by atoms with Crippen LogP contribution in [0.4, 0.5) is 8.78 Å². The summed E-state index contributed by atoms with van der Waals surface area (Å²) in [5.74, 6) is -2.22. The zero-order valence-corrected chi connectivity index (χ0v) is 12.0. The Morgan fingerprint density at radius 2 is 2.10 bits per heavy atom. The van der Waals surface area contributed by atoms with Gasteiger partial charge in [-0.2, -0.15) is 0 Å². The summed E-state index contributed by atoms with van der Waals surface area (Å²) in [4.78, 5) is 14.3. The molecule has 0 aromatic carbocycles. The predicted octanol–water partition coefficient (Wildman–Crippen LogP) is 2.72. The molecule has 1 aliphatic heterocycles. The maximum atomic E-state index is 13.6. The van der Waals surface area contributed by atoms with Gasteiger partial charge < -0.3 is 9.47 Å². The molecule has 1 aromatic rings. The average molecular weight is 282 g/mol. The maximum absolute atomic E-state index is 13.6. The van der Waals surface area contributed by atoms with Crippen molar-refractivity contribution in [3.05, 3.63) is 23.0 Å². The minimum Gasteiger partial charge on any atom is -0.338 e. The van der Waals surface area contributed by atoms with Crippen molar-refractivity contribution in [1.29, 1.82) is 0 Å². The average Bonchev–Trinajstić information content (AvgIpc) is 2.70. The number of fused-ring (bicyclic) bond motifs is 3. The number of carbonyl (C=O) groups is 1. The number of carbonyl (C=O) groups excluding carboxylic acids is 1. The van der Waals surface area contributed by atoms with Gasteiger partial charge in [0.25, 0.3) is 11.8 Å². The Labute approximate surface area is 117 Å². The number of hydrogen-bond acceptors (Lipinski definition) is 1. The summed E-state index contributed by atoms with van der Waals surface area (Å²) < 4.78 is 29.0. The molecule has 1 aromatic heterocycles. The molecule has 1 aliphatic carbocycles. The van der Waals surface area contributed by atoms with Crippen LogP contribution in [0.15, 0.2) is 6.07 Å². The summed E-state index contributed by atoms with van der Waals surface area (Å²) in [6.07, 6.45) is 0.0486. The standard InChI is InChI=1S/C15H20F2N2O/c1-10(2)9-18-5-6-19-12(14(18)20)7-11-3-4-15(16,17)8-13(11)19/h7,10H,3-6,8-9H2,1-2H3. The molecule has 2 heterocycles. The van der Waals surface area contributed by atoms with E-state index in [9.17, 15) is 13.6 Å². The molecule has 3 rings (SSSR count). The van der Waals surface area contributed by atoms with E-state index in [4.69, 9.17) is 0 Å². The van der Waals surface area contributed by atoms with Crippen LogP contribution in [0, 0.1) is 5.92 Å². The van der Waals surface area contributed by atoms with Crippen molar-refractivity contribution in [3.63, 3.8) is 0 Å². The van der Waals surface area contributed by atoms with Crippen LogP contribution in [-0.4, -0.2) is 34.4 Å². The van der Waals surface area contributed by atoms with Crippen molar-refractivity contribution >= 4 is 5.91 Å². The van der Waals surface area contributed by atoms with E-state index in [1.54, 1.807) is 0 Å². The topological polar surface area (TPSA) is 25.2 Å². The number of aryl methyl sites for hydroxylation is 1. The third-order valence-electron chi connectivity index (χ3n) is 4.17. The molecular weight excluding hydrogens is 262 g/mol. The van der Waals surface area contributed by atoms with Crippen LogP contribution in [0.25, 0.3) is 0 Å². The molecule has 110 valence electrons. The second-order valence-corrected chi connectivity index (χ2v) is 6.33. The summed E-state index contributed by atoms with van der Waals surface area (Å²) in [6, 6.07) is 1.83. The van der Waals surface area contributed by atoms with E-state index in [1.807, 2.05) is 15.5 Å². The molecule has 0 bridgehead atoms. The molecule has 0 radical (unpaired) electrons. The van der Waals surface area contributed by atoms with Gasteiger partial charge in [-0.3, -0.25) is 4.79 Å². The lowest BCUT2D eigenvalue weighted by Gasteiger charge is -2.31. The first-order valence-electron chi connectivity index (χ1n) is 7.26. The molecule has 2 aliphatic rings. The van der Waals surface area contributed by atoms with Crippen molar-refractivity contribution in [2.75, 3.05) is 13.1 Å². The number of halogens is 2. The van der Waals surface area contributed by atoms with Gasteiger partial charge in [0, 0.05) is 31.7 Å². The third-order valence-corrected chi connectivity index (χ3v) is 4.17. The first-order valence-corrected chi connectivity index (χ1v) is 7.26. The van der Waals surface area contributed by atoms with Gasteiger partial charge in [-0.25, -0.2) is 8.78 Å². The Hall–Kier alpha value is -1.39. The Bertz CT molecular complexity index is 548. The lowest BCUT2D eigenvalue weighted by molar-refractivity contribution is -0.0143. The van der Waals surface area contributed by atoms with E-state index in [0.29, 0.717) is 36.8 Å². The minimum atomic E-state index is -2.62. The van der Waals surface area contributed by atoms with Crippen molar-refractivity contribution in [2.24, 2.45) is 5.92 Å². The van der Waals surface area contributed by atoms with Crippen LogP contribution in [0.3, 0.4) is 0 Å². The number of alkyl halides is 2. The predicted molar refractivity (Wildman–Crippen MR) is 72.1 cm³/mol.